The molecule has 1 aromatic rings. The van der Waals surface area contributed by atoms with E-state index in [1.54, 1.807) is 19.9 Å². The summed E-state index contributed by atoms with van der Waals surface area (Å²) in [6, 6.07) is 4.38. The summed E-state index contributed by atoms with van der Waals surface area (Å²) in [7, 11) is -1.32. The summed E-state index contributed by atoms with van der Waals surface area (Å²) in [6.45, 7) is 3.26. The summed E-state index contributed by atoms with van der Waals surface area (Å²) >= 11 is 0. The Morgan fingerprint density at radius 3 is 2.26 bits per heavy atom. The van der Waals surface area contributed by atoms with Gasteiger partial charge >= 0.3 is 5.97 Å². The van der Waals surface area contributed by atoms with Gasteiger partial charge in [-0.05, 0) is 31.5 Å². The molecule has 1 rings (SSSR count). The first kappa shape index (κ1) is 15.5. The molecule has 7 heteroatoms. The van der Waals surface area contributed by atoms with E-state index in [4.69, 9.17) is 14.6 Å². The number of nitrogens with two attached hydrogens (primary N) is 1. The van der Waals surface area contributed by atoms with Crippen molar-refractivity contribution in [2.75, 3.05) is 14.2 Å². The molecule has 0 atom stereocenters. The van der Waals surface area contributed by atoms with Crippen molar-refractivity contribution in [1.82, 2.24) is 0 Å². The molecule has 0 amide bonds. The zero-order valence-electron chi connectivity index (χ0n) is 11.3. The predicted molar refractivity (Wildman–Crippen MR) is 69.4 cm³/mol. The smallest absolute Gasteiger partial charge is 0.315 e. The molecule has 0 bridgehead atoms. The van der Waals surface area contributed by atoms with Crippen molar-refractivity contribution in [3.05, 3.63) is 23.8 Å². The van der Waals surface area contributed by atoms with Crippen LogP contribution in [0.2, 0.25) is 0 Å². The Morgan fingerprint density at radius 1 is 1.26 bits per heavy atom. The van der Waals surface area contributed by atoms with E-state index in [9.17, 15) is 13.2 Å². The predicted octanol–water partition coefficient (Wildman–Crippen LogP) is 0.793. The number of primary sulfonamides is 1. The first-order valence-corrected chi connectivity index (χ1v) is 6.99. The van der Waals surface area contributed by atoms with Gasteiger partial charge in [0.25, 0.3) is 0 Å². The maximum atomic E-state index is 11.7. The normalized spacial score (nSPS) is 12.1. The largest absolute Gasteiger partial charge is 0.495 e. The standard InChI is InChI=1S/C12H17NO5S/c1-12(2,11(14)18-4)8-5-6-9(17-3)10(7-8)19(13,15)16/h5-7H,1-4H3,(H2,13,15,16). The van der Waals surface area contributed by atoms with E-state index in [-0.39, 0.29) is 10.6 Å². The van der Waals surface area contributed by atoms with E-state index < -0.39 is 21.4 Å². The number of sulfonamides is 1. The lowest BCUT2D eigenvalue weighted by atomic mass is 9.85. The van der Waals surface area contributed by atoms with Gasteiger partial charge in [0.05, 0.1) is 19.6 Å². The van der Waals surface area contributed by atoms with Crippen molar-refractivity contribution in [3.8, 4) is 5.75 Å². The number of ether oxygens (including phenoxy) is 2. The minimum absolute atomic E-state index is 0.131. The number of esters is 1. The molecule has 0 fully saturated rings. The Bertz CT molecular complexity index is 592. The Morgan fingerprint density at radius 2 is 1.84 bits per heavy atom. The molecule has 0 aliphatic carbocycles. The van der Waals surface area contributed by atoms with Gasteiger partial charge in [0.15, 0.2) is 0 Å². The molecule has 0 aliphatic rings. The Kier molecular flexibility index (Phi) is 4.21. The van der Waals surface area contributed by atoms with Gasteiger partial charge in [-0.2, -0.15) is 0 Å². The molecule has 0 aliphatic heterocycles. The molecule has 106 valence electrons. The summed E-state index contributed by atoms with van der Waals surface area (Å²) in [4.78, 5) is 11.6. The van der Waals surface area contributed by atoms with Crippen LogP contribution in [0, 0.1) is 0 Å². The topological polar surface area (TPSA) is 95.7 Å². The summed E-state index contributed by atoms with van der Waals surface area (Å²) in [5.74, 6) is -0.343. The van der Waals surface area contributed by atoms with Crippen molar-refractivity contribution < 1.29 is 22.7 Å². The summed E-state index contributed by atoms with van der Waals surface area (Å²) in [5.41, 5.74) is -0.510. The van der Waals surface area contributed by atoms with Crippen LogP contribution in [0.3, 0.4) is 0 Å². The van der Waals surface area contributed by atoms with Crippen molar-refractivity contribution in [2.24, 2.45) is 5.14 Å². The van der Waals surface area contributed by atoms with Crippen LogP contribution < -0.4 is 9.88 Å². The van der Waals surface area contributed by atoms with Gasteiger partial charge in [0, 0.05) is 0 Å². The van der Waals surface area contributed by atoms with Gasteiger partial charge in [0.2, 0.25) is 10.0 Å². The SMILES string of the molecule is COC(=O)C(C)(C)c1ccc(OC)c(S(N)(=O)=O)c1. The molecule has 19 heavy (non-hydrogen) atoms. The summed E-state index contributed by atoms with van der Waals surface area (Å²) in [6.07, 6.45) is 0. The first-order valence-electron chi connectivity index (χ1n) is 5.44. The fourth-order valence-electron chi connectivity index (χ4n) is 1.66. The average Bonchev–Trinajstić information content (AvgIpc) is 2.35. The molecule has 1 aromatic carbocycles. The van der Waals surface area contributed by atoms with Crippen molar-refractivity contribution >= 4 is 16.0 Å². The average molecular weight is 287 g/mol. The second-order valence-corrected chi connectivity index (χ2v) is 6.06. The molecule has 0 heterocycles. The number of carbonyl (C=O) groups is 1. The second-order valence-electron chi connectivity index (χ2n) is 4.53. The maximum Gasteiger partial charge on any atom is 0.315 e. The van der Waals surface area contributed by atoms with E-state index >= 15 is 0 Å². The molecule has 0 saturated carbocycles. The van der Waals surface area contributed by atoms with Gasteiger partial charge in [-0.3, -0.25) is 4.79 Å². The third-order valence-electron chi connectivity index (χ3n) is 2.89. The Hall–Kier alpha value is -1.60. The van der Waals surface area contributed by atoms with Crippen LogP contribution in [0.5, 0.6) is 5.75 Å². The second kappa shape index (κ2) is 5.18. The Labute approximate surface area is 112 Å². The van der Waals surface area contributed by atoms with Gasteiger partial charge < -0.3 is 9.47 Å². The van der Waals surface area contributed by atoms with Gasteiger partial charge in [-0.15, -0.1) is 0 Å². The van der Waals surface area contributed by atoms with E-state index in [2.05, 4.69) is 0 Å². The zero-order valence-corrected chi connectivity index (χ0v) is 12.1. The molecule has 0 saturated heterocycles. The monoisotopic (exact) mass is 287 g/mol. The number of hydrogen-bond acceptors (Lipinski definition) is 5. The van der Waals surface area contributed by atoms with Gasteiger partial charge in [-0.1, -0.05) is 6.07 Å². The van der Waals surface area contributed by atoms with Gasteiger partial charge in [-0.25, -0.2) is 13.6 Å². The summed E-state index contributed by atoms with van der Waals surface area (Å²) in [5, 5.41) is 5.13. The number of benzene rings is 1. The van der Waals surface area contributed by atoms with E-state index in [1.807, 2.05) is 0 Å². The molecular weight excluding hydrogens is 270 g/mol. The van der Waals surface area contributed by atoms with Crippen LogP contribution in [0.25, 0.3) is 0 Å². The van der Waals surface area contributed by atoms with Crippen LogP contribution >= 0.6 is 0 Å². The third kappa shape index (κ3) is 3.05. The van der Waals surface area contributed by atoms with Crippen LogP contribution in [-0.4, -0.2) is 28.6 Å². The fraction of sp³-hybridized carbons (Fsp3) is 0.417. The molecule has 0 unspecified atom stereocenters. The number of methoxy groups -OCH3 is 2. The number of carbonyl (C=O) groups excluding carboxylic acids is 1. The highest BCUT2D eigenvalue weighted by Gasteiger charge is 2.32. The summed E-state index contributed by atoms with van der Waals surface area (Å²) < 4.78 is 32.7. The number of rotatable bonds is 4. The molecule has 0 aromatic heterocycles. The lowest BCUT2D eigenvalue weighted by Gasteiger charge is -2.23. The first-order chi connectivity index (χ1) is 8.64. The highest BCUT2D eigenvalue weighted by molar-refractivity contribution is 7.89. The Balaban J connectivity index is 3.46. The fourth-order valence-corrected chi connectivity index (χ4v) is 2.38. The van der Waals surface area contributed by atoms with Crippen molar-refractivity contribution in [2.45, 2.75) is 24.2 Å². The minimum atomic E-state index is -3.94. The molecule has 0 spiro atoms. The van der Waals surface area contributed by atoms with Crippen LogP contribution in [-0.2, 0) is 25.0 Å². The highest BCUT2D eigenvalue weighted by Crippen LogP contribution is 2.31. The zero-order chi connectivity index (χ0) is 14.8. The maximum absolute atomic E-state index is 11.7. The van der Waals surface area contributed by atoms with Crippen LogP contribution in [0.4, 0.5) is 0 Å². The van der Waals surface area contributed by atoms with E-state index in [1.165, 1.54) is 26.4 Å². The minimum Gasteiger partial charge on any atom is -0.495 e. The van der Waals surface area contributed by atoms with Gasteiger partial charge in [0.1, 0.15) is 10.6 Å². The quantitative estimate of drug-likeness (QED) is 0.826. The number of hydrogen-bond donors (Lipinski definition) is 1. The lowest BCUT2D eigenvalue weighted by molar-refractivity contribution is -0.146. The molecule has 2 N–H and O–H groups in total. The van der Waals surface area contributed by atoms with Crippen molar-refractivity contribution in [3.63, 3.8) is 0 Å². The molecule has 0 radical (unpaired) electrons. The lowest BCUT2D eigenvalue weighted by Crippen LogP contribution is -2.30. The highest BCUT2D eigenvalue weighted by atomic mass is 32.2. The van der Waals surface area contributed by atoms with Crippen LogP contribution in [0.1, 0.15) is 19.4 Å². The molecule has 6 nitrogen and oxygen atoms in total. The molecular formula is C12H17NO5S. The van der Waals surface area contributed by atoms with Crippen LogP contribution in [0.15, 0.2) is 23.1 Å². The third-order valence-corrected chi connectivity index (χ3v) is 3.82. The van der Waals surface area contributed by atoms with E-state index in [0.29, 0.717) is 5.56 Å². The van der Waals surface area contributed by atoms with E-state index in [0.717, 1.165) is 0 Å². The van der Waals surface area contributed by atoms with Crippen molar-refractivity contribution in [1.29, 1.82) is 0 Å².